The number of benzene rings is 1. The number of halogens is 2. The van der Waals surface area contributed by atoms with Crippen molar-refractivity contribution in [2.24, 2.45) is 0 Å². The first-order valence-electron chi connectivity index (χ1n) is 4.67. The van der Waals surface area contributed by atoms with Crippen LogP contribution in [0.1, 0.15) is 18.9 Å². The zero-order valence-corrected chi connectivity index (χ0v) is 10.3. The van der Waals surface area contributed by atoms with Crippen molar-refractivity contribution in [2.45, 2.75) is 13.3 Å². The molecule has 0 N–H and O–H groups in total. The predicted octanol–water partition coefficient (Wildman–Crippen LogP) is 3.50. The van der Waals surface area contributed by atoms with Crippen LogP contribution in [-0.4, -0.2) is 10.9 Å². The van der Waals surface area contributed by atoms with Crippen molar-refractivity contribution in [3.05, 3.63) is 34.6 Å². The third-order valence-corrected chi connectivity index (χ3v) is 2.84. The van der Waals surface area contributed by atoms with Crippen LogP contribution in [0.3, 0.4) is 0 Å². The van der Waals surface area contributed by atoms with E-state index in [4.69, 9.17) is 11.6 Å². The first kappa shape index (κ1) is 13.1. The van der Waals surface area contributed by atoms with Gasteiger partial charge < -0.3 is 0 Å². The fourth-order valence-electron chi connectivity index (χ4n) is 1.01. The van der Waals surface area contributed by atoms with Gasteiger partial charge in [0.05, 0.1) is 10.6 Å². The molecule has 0 amide bonds. The molecule has 0 aliphatic heterocycles. The minimum atomic E-state index is -0.417. The minimum absolute atomic E-state index is 0.0609. The summed E-state index contributed by atoms with van der Waals surface area (Å²) in [7, 11) is 0. The van der Waals surface area contributed by atoms with E-state index in [9.17, 15) is 9.18 Å². The first-order valence-corrected chi connectivity index (χ1v) is 6.04. The second kappa shape index (κ2) is 6.57. The lowest BCUT2D eigenvalue weighted by molar-refractivity contribution is -0.109. The number of carbonyl (C=O) groups excluding carboxylic acids is 1. The largest absolute Gasteiger partial charge is 0.288 e. The molecule has 84 valence electrons. The van der Waals surface area contributed by atoms with E-state index >= 15 is 0 Å². The van der Waals surface area contributed by atoms with Crippen LogP contribution >= 0.6 is 23.4 Å². The molecule has 0 spiro atoms. The van der Waals surface area contributed by atoms with Gasteiger partial charge in [0.2, 0.25) is 0 Å². The molecule has 0 fully saturated rings. The maximum Gasteiger partial charge on any atom is 0.185 e. The molecule has 1 aromatic carbocycles. The highest BCUT2D eigenvalue weighted by atomic mass is 35.5. The molecule has 0 radical (unpaired) electrons. The normalized spacial score (nSPS) is 9.44. The fraction of sp³-hybridized carbons (Fsp3) is 0.250. The van der Waals surface area contributed by atoms with Gasteiger partial charge in [0.1, 0.15) is 5.82 Å². The maximum absolute atomic E-state index is 13.2. The minimum Gasteiger partial charge on any atom is -0.288 e. The Hall–Kier alpha value is -0.980. The summed E-state index contributed by atoms with van der Waals surface area (Å²) in [6, 6.07) is 4.45. The second-order valence-corrected chi connectivity index (χ2v) is 4.67. The van der Waals surface area contributed by atoms with Gasteiger partial charge in [-0.05, 0) is 12.1 Å². The van der Waals surface area contributed by atoms with E-state index in [-0.39, 0.29) is 10.7 Å². The summed E-state index contributed by atoms with van der Waals surface area (Å²) < 4.78 is 13.2. The Morgan fingerprint density at radius 2 is 2.31 bits per heavy atom. The van der Waals surface area contributed by atoms with Crippen molar-refractivity contribution in [1.29, 1.82) is 0 Å². The van der Waals surface area contributed by atoms with Crippen molar-refractivity contribution in [3.63, 3.8) is 0 Å². The number of carbonyl (C=O) groups is 1. The number of thioether (sulfide) groups is 1. The summed E-state index contributed by atoms with van der Waals surface area (Å²) in [5.74, 6) is 5.67. The summed E-state index contributed by atoms with van der Waals surface area (Å²) in [5.41, 5.74) is 0.219. The molecular formula is C12H10ClFOS. The summed E-state index contributed by atoms with van der Waals surface area (Å²) >= 11 is 7.00. The van der Waals surface area contributed by atoms with Crippen molar-refractivity contribution >= 4 is 28.5 Å². The lowest BCUT2D eigenvalue weighted by Crippen LogP contribution is -1.86. The SMILES string of the molecule is CC(=O)SCCC#Cc1c(F)cccc1Cl. The van der Waals surface area contributed by atoms with Gasteiger partial charge in [-0.2, -0.15) is 0 Å². The highest BCUT2D eigenvalue weighted by Crippen LogP contribution is 2.17. The molecule has 0 aliphatic rings. The fourth-order valence-corrected chi connectivity index (χ4v) is 1.72. The number of rotatable bonds is 2. The average Bonchev–Trinajstić information content (AvgIpc) is 2.21. The van der Waals surface area contributed by atoms with Crippen LogP contribution in [0.25, 0.3) is 0 Å². The molecule has 1 rings (SSSR count). The molecule has 0 aromatic heterocycles. The van der Waals surface area contributed by atoms with Crippen LogP contribution in [0.5, 0.6) is 0 Å². The van der Waals surface area contributed by atoms with Gasteiger partial charge in [-0.25, -0.2) is 4.39 Å². The van der Waals surface area contributed by atoms with Gasteiger partial charge in [-0.15, -0.1) is 0 Å². The van der Waals surface area contributed by atoms with Gasteiger partial charge in [0, 0.05) is 19.1 Å². The van der Waals surface area contributed by atoms with E-state index in [2.05, 4.69) is 11.8 Å². The monoisotopic (exact) mass is 256 g/mol. The van der Waals surface area contributed by atoms with Gasteiger partial charge in [-0.3, -0.25) is 4.79 Å². The first-order chi connectivity index (χ1) is 7.61. The van der Waals surface area contributed by atoms with Gasteiger partial charge in [0.15, 0.2) is 5.12 Å². The summed E-state index contributed by atoms with van der Waals surface area (Å²) in [5, 5.41) is 0.373. The number of hydrogen-bond acceptors (Lipinski definition) is 2. The van der Waals surface area contributed by atoms with E-state index in [1.165, 1.54) is 30.8 Å². The van der Waals surface area contributed by atoms with Crippen LogP contribution in [0, 0.1) is 17.7 Å². The molecule has 0 bridgehead atoms. The smallest absolute Gasteiger partial charge is 0.185 e. The van der Waals surface area contributed by atoms with Crippen molar-refractivity contribution in [3.8, 4) is 11.8 Å². The lowest BCUT2D eigenvalue weighted by atomic mass is 10.2. The Morgan fingerprint density at radius 1 is 1.56 bits per heavy atom. The molecule has 0 saturated carbocycles. The zero-order chi connectivity index (χ0) is 12.0. The molecule has 1 aromatic rings. The van der Waals surface area contributed by atoms with E-state index in [0.717, 1.165) is 0 Å². The summed E-state index contributed by atoms with van der Waals surface area (Å²) in [6.45, 7) is 1.51. The standard InChI is InChI=1S/C12H10ClFOS/c1-9(15)16-8-3-2-5-10-11(13)6-4-7-12(10)14/h4,6-7H,3,8H2,1H3. The van der Waals surface area contributed by atoms with Crippen LogP contribution in [0.2, 0.25) is 5.02 Å². The molecule has 4 heteroatoms. The van der Waals surface area contributed by atoms with Gasteiger partial charge >= 0.3 is 0 Å². The Kier molecular flexibility index (Phi) is 5.37. The van der Waals surface area contributed by atoms with Gasteiger partial charge in [-0.1, -0.05) is 41.3 Å². The van der Waals surface area contributed by atoms with Crippen LogP contribution in [0.15, 0.2) is 18.2 Å². The Labute approximate surface area is 103 Å². The van der Waals surface area contributed by atoms with Crippen molar-refractivity contribution < 1.29 is 9.18 Å². The molecular weight excluding hydrogens is 247 g/mol. The van der Waals surface area contributed by atoms with Gasteiger partial charge in [0.25, 0.3) is 0 Å². The molecule has 1 nitrogen and oxygen atoms in total. The van der Waals surface area contributed by atoms with Crippen LogP contribution in [0.4, 0.5) is 4.39 Å². The third-order valence-electron chi connectivity index (χ3n) is 1.71. The summed E-state index contributed by atoms with van der Waals surface area (Å²) in [4.78, 5) is 10.6. The molecule has 0 atom stereocenters. The lowest BCUT2D eigenvalue weighted by Gasteiger charge is -1.96. The quantitative estimate of drug-likeness (QED) is 0.595. The third kappa shape index (κ3) is 4.26. The van der Waals surface area contributed by atoms with Crippen molar-refractivity contribution in [1.82, 2.24) is 0 Å². The second-order valence-electron chi connectivity index (χ2n) is 2.99. The number of hydrogen-bond donors (Lipinski definition) is 0. The van der Waals surface area contributed by atoms with Crippen LogP contribution < -0.4 is 0 Å². The van der Waals surface area contributed by atoms with E-state index < -0.39 is 5.82 Å². The zero-order valence-electron chi connectivity index (χ0n) is 8.72. The highest BCUT2D eigenvalue weighted by Gasteiger charge is 2.02. The highest BCUT2D eigenvalue weighted by molar-refractivity contribution is 8.13. The molecule has 0 heterocycles. The predicted molar refractivity (Wildman–Crippen MR) is 66.0 cm³/mol. The summed E-state index contributed by atoms with van der Waals surface area (Å²) in [6.07, 6.45) is 0.537. The molecule has 16 heavy (non-hydrogen) atoms. The van der Waals surface area contributed by atoms with E-state index in [1.807, 2.05) is 0 Å². The van der Waals surface area contributed by atoms with E-state index in [0.29, 0.717) is 17.2 Å². The van der Waals surface area contributed by atoms with Crippen molar-refractivity contribution in [2.75, 3.05) is 5.75 Å². The molecule has 0 unspecified atom stereocenters. The van der Waals surface area contributed by atoms with E-state index in [1.54, 1.807) is 6.07 Å². The topological polar surface area (TPSA) is 17.1 Å². The Bertz CT molecular complexity index is 428. The van der Waals surface area contributed by atoms with Crippen LogP contribution in [-0.2, 0) is 4.79 Å². The Morgan fingerprint density at radius 3 is 2.94 bits per heavy atom. The molecule has 0 saturated heterocycles. The maximum atomic E-state index is 13.2. The molecule has 0 aliphatic carbocycles. The average molecular weight is 257 g/mol. The Balaban J connectivity index is 2.60.